The number of hydrogen-bond donors (Lipinski definition) is 1. The van der Waals surface area contributed by atoms with Gasteiger partial charge < -0.3 is 5.32 Å². The van der Waals surface area contributed by atoms with Crippen molar-refractivity contribution < 1.29 is 9.59 Å². The molecule has 0 bridgehead atoms. The number of para-hydroxylation sites is 1. The maximum absolute atomic E-state index is 12.6. The van der Waals surface area contributed by atoms with Gasteiger partial charge in [-0.25, -0.2) is 0 Å². The highest BCUT2D eigenvalue weighted by atomic mass is 35.5. The maximum atomic E-state index is 12.6. The van der Waals surface area contributed by atoms with Crippen LogP contribution in [-0.4, -0.2) is 17.6 Å². The number of amides is 2. The summed E-state index contributed by atoms with van der Waals surface area (Å²) in [6.45, 7) is 0. The highest BCUT2D eigenvalue weighted by molar-refractivity contribution is 8.04. The first-order valence-corrected chi connectivity index (χ1v) is 9.17. The van der Waals surface area contributed by atoms with Gasteiger partial charge in [-0.3, -0.25) is 14.5 Å². The Morgan fingerprint density at radius 2 is 1.92 bits per heavy atom. The van der Waals surface area contributed by atoms with Gasteiger partial charge in [-0.05, 0) is 30.3 Å². The first-order valence-electron chi connectivity index (χ1n) is 7.43. The average Bonchev–Trinajstić information content (AvgIpc) is 3.00. The van der Waals surface area contributed by atoms with Gasteiger partial charge >= 0.3 is 0 Å². The second-order valence-electron chi connectivity index (χ2n) is 5.22. The van der Waals surface area contributed by atoms with Crippen LogP contribution in [-0.2, 0) is 9.59 Å². The van der Waals surface area contributed by atoms with Gasteiger partial charge in [-0.2, -0.15) is 5.26 Å². The SMILES string of the molecule is N#CC(C(=O)Nc1ccc(Cl)cc1Cl)=C1SCC(=O)N1c1ccccc1. The Kier molecular flexibility index (Phi) is 5.52. The van der Waals surface area contributed by atoms with Crippen molar-refractivity contribution in [1.29, 1.82) is 5.26 Å². The fraction of sp³-hybridized carbons (Fsp3) is 0.0556. The summed E-state index contributed by atoms with van der Waals surface area (Å²) in [4.78, 5) is 26.3. The lowest BCUT2D eigenvalue weighted by molar-refractivity contribution is -0.115. The van der Waals surface area contributed by atoms with Gasteiger partial charge in [0.15, 0.2) is 0 Å². The highest BCUT2D eigenvalue weighted by Crippen LogP contribution is 2.36. The fourth-order valence-electron chi connectivity index (χ4n) is 2.37. The van der Waals surface area contributed by atoms with E-state index in [9.17, 15) is 14.9 Å². The zero-order chi connectivity index (χ0) is 18.7. The van der Waals surface area contributed by atoms with Crippen LogP contribution in [0.2, 0.25) is 10.0 Å². The number of carbonyl (C=O) groups excluding carboxylic acids is 2. The van der Waals surface area contributed by atoms with Crippen LogP contribution in [0.4, 0.5) is 11.4 Å². The molecule has 2 aromatic rings. The Morgan fingerprint density at radius 1 is 1.19 bits per heavy atom. The molecular weight excluding hydrogens is 393 g/mol. The first kappa shape index (κ1) is 18.3. The van der Waals surface area contributed by atoms with Crippen LogP contribution in [0.5, 0.6) is 0 Å². The van der Waals surface area contributed by atoms with Crippen molar-refractivity contribution >= 4 is 58.2 Å². The molecule has 1 fully saturated rings. The lowest BCUT2D eigenvalue weighted by Gasteiger charge is -2.18. The Bertz CT molecular complexity index is 955. The van der Waals surface area contributed by atoms with Crippen LogP contribution in [0.25, 0.3) is 0 Å². The fourth-order valence-corrected chi connectivity index (χ4v) is 3.83. The number of nitriles is 1. The number of hydrogen-bond acceptors (Lipinski definition) is 4. The number of rotatable bonds is 3. The van der Waals surface area contributed by atoms with E-state index < -0.39 is 5.91 Å². The van der Waals surface area contributed by atoms with Crippen molar-refractivity contribution in [3.8, 4) is 6.07 Å². The third-order valence-electron chi connectivity index (χ3n) is 3.53. The number of nitrogens with zero attached hydrogens (tertiary/aromatic N) is 2. The molecule has 8 heteroatoms. The van der Waals surface area contributed by atoms with Crippen LogP contribution in [0, 0.1) is 11.3 Å². The van der Waals surface area contributed by atoms with Gasteiger partial charge in [-0.15, -0.1) is 0 Å². The zero-order valence-corrected chi connectivity index (χ0v) is 15.5. The van der Waals surface area contributed by atoms with E-state index in [0.717, 1.165) is 11.8 Å². The molecule has 2 amide bonds. The van der Waals surface area contributed by atoms with Gasteiger partial charge in [0.2, 0.25) is 5.91 Å². The molecule has 0 aromatic heterocycles. The Labute approximate surface area is 164 Å². The molecule has 0 unspecified atom stereocenters. The van der Waals surface area contributed by atoms with Crippen molar-refractivity contribution in [2.75, 3.05) is 16.0 Å². The molecule has 0 atom stereocenters. The Balaban J connectivity index is 1.96. The molecule has 0 aliphatic carbocycles. The summed E-state index contributed by atoms with van der Waals surface area (Å²) < 4.78 is 0. The minimum Gasteiger partial charge on any atom is -0.320 e. The zero-order valence-electron chi connectivity index (χ0n) is 13.2. The number of benzene rings is 2. The number of halogens is 2. The van der Waals surface area contributed by atoms with E-state index in [1.807, 2.05) is 12.1 Å². The van der Waals surface area contributed by atoms with Gasteiger partial charge in [0, 0.05) is 10.7 Å². The lowest BCUT2D eigenvalue weighted by atomic mass is 10.2. The molecule has 0 saturated carbocycles. The van der Waals surface area contributed by atoms with E-state index in [1.54, 1.807) is 36.4 Å². The van der Waals surface area contributed by atoms with E-state index in [1.165, 1.54) is 11.0 Å². The predicted octanol–water partition coefficient (Wildman–Crippen LogP) is 4.45. The predicted molar refractivity (Wildman–Crippen MR) is 104 cm³/mol. The third kappa shape index (κ3) is 3.70. The molecule has 3 rings (SSSR count). The Morgan fingerprint density at radius 3 is 2.58 bits per heavy atom. The number of carbonyl (C=O) groups is 2. The van der Waals surface area contributed by atoms with Crippen LogP contribution < -0.4 is 10.2 Å². The molecule has 130 valence electrons. The lowest BCUT2D eigenvalue weighted by Crippen LogP contribution is -2.26. The summed E-state index contributed by atoms with van der Waals surface area (Å²) in [5.41, 5.74) is 0.772. The van der Waals surface area contributed by atoms with E-state index in [2.05, 4.69) is 5.32 Å². The Hall–Kier alpha value is -2.46. The van der Waals surface area contributed by atoms with Crippen molar-refractivity contribution in [1.82, 2.24) is 0 Å². The van der Waals surface area contributed by atoms with Gasteiger partial charge in [0.1, 0.15) is 16.7 Å². The number of nitrogens with one attached hydrogen (secondary N) is 1. The average molecular weight is 404 g/mol. The normalized spacial score (nSPS) is 15.6. The van der Waals surface area contributed by atoms with E-state index in [0.29, 0.717) is 21.4 Å². The summed E-state index contributed by atoms with van der Waals surface area (Å²) in [5.74, 6) is -0.680. The van der Waals surface area contributed by atoms with E-state index in [-0.39, 0.29) is 22.3 Å². The minimum absolute atomic E-state index is 0.157. The molecule has 1 heterocycles. The summed E-state index contributed by atoms with van der Waals surface area (Å²) >= 11 is 13.1. The molecule has 1 N–H and O–H groups in total. The first-order chi connectivity index (χ1) is 12.5. The quantitative estimate of drug-likeness (QED) is 0.606. The minimum atomic E-state index is -0.644. The molecule has 1 aliphatic heterocycles. The monoisotopic (exact) mass is 403 g/mol. The van der Waals surface area contributed by atoms with Gasteiger partial charge in [0.25, 0.3) is 5.91 Å². The van der Waals surface area contributed by atoms with Crippen molar-refractivity contribution in [3.05, 3.63) is 69.2 Å². The largest absolute Gasteiger partial charge is 0.320 e. The van der Waals surface area contributed by atoms with Crippen molar-refractivity contribution in [3.63, 3.8) is 0 Å². The molecule has 1 aliphatic rings. The second kappa shape index (κ2) is 7.83. The molecule has 2 aromatic carbocycles. The van der Waals surface area contributed by atoms with Crippen molar-refractivity contribution in [2.24, 2.45) is 0 Å². The van der Waals surface area contributed by atoms with Gasteiger partial charge in [0.05, 0.1) is 16.5 Å². The van der Waals surface area contributed by atoms with Gasteiger partial charge in [-0.1, -0.05) is 53.2 Å². The second-order valence-corrected chi connectivity index (χ2v) is 7.03. The van der Waals surface area contributed by atoms with Crippen LogP contribution in [0.1, 0.15) is 0 Å². The standard InChI is InChI=1S/C18H11Cl2N3O2S/c19-11-6-7-15(14(20)8-11)22-17(25)13(9-21)18-23(16(24)10-26-18)12-4-2-1-3-5-12/h1-8H,10H2,(H,22,25). The summed E-state index contributed by atoms with van der Waals surface area (Å²) in [7, 11) is 0. The topological polar surface area (TPSA) is 73.2 Å². The smallest absolute Gasteiger partial charge is 0.269 e. The molecule has 1 saturated heterocycles. The number of anilines is 2. The molecule has 5 nitrogen and oxygen atoms in total. The van der Waals surface area contributed by atoms with Crippen LogP contribution in [0.3, 0.4) is 0 Å². The van der Waals surface area contributed by atoms with Crippen LogP contribution >= 0.6 is 35.0 Å². The number of thioether (sulfide) groups is 1. The van der Waals surface area contributed by atoms with Crippen molar-refractivity contribution in [2.45, 2.75) is 0 Å². The molecular formula is C18H11Cl2N3O2S. The maximum Gasteiger partial charge on any atom is 0.269 e. The summed E-state index contributed by atoms with van der Waals surface area (Å²) in [6, 6.07) is 15.4. The summed E-state index contributed by atoms with van der Waals surface area (Å²) in [6.07, 6.45) is 0. The molecule has 0 radical (unpaired) electrons. The summed E-state index contributed by atoms with van der Waals surface area (Å²) in [5, 5.41) is 13.1. The molecule has 26 heavy (non-hydrogen) atoms. The van der Waals surface area contributed by atoms with Crippen LogP contribution in [0.15, 0.2) is 59.1 Å². The third-order valence-corrected chi connectivity index (χ3v) is 5.13. The molecule has 0 spiro atoms. The van der Waals surface area contributed by atoms with E-state index in [4.69, 9.17) is 23.2 Å². The highest BCUT2D eigenvalue weighted by Gasteiger charge is 2.33. The van der Waals surface area contributed by atoms with E-state index >= 15 is 0 Å².